The van der Waals surface area contributed by atoms with E-state index in [-0.39, 0.29) is 11.7 Å². The number of hydrogen-bond donors (Lipinski definition) is 1. The van der Waals surface area contributed by atoms with E-state index in [1.807, 2.05) is 13.8 Å². The van der Waals surface area contributed by atoms with Crippen molar-refractivity contribution in [1.82, 2.24) is 0 Å². The number of halogens is 1. The molecule has 16 heavy (non-hydrogen) atoms. The van der Waals surface area contributed by atoms with Gasteiger partial charge in [0, 0.05) is 11.3 Å². The molecule has 0 saturated carbocycles. The van der Waals surface area contributed by atoms with E-state index in [1.165, 1.54) is 12.1 Å². The van der Waals surface area contributed by atoms with Gasteiger partial charge < -0.3 is 9.62 Å². The van der Waals surface area contributed by atoms with E-state index in [9.17, 15) is 4.39 Å². The van der Waals surface area contributed by atoms with E-state index in [1.54, 1.807) is 12.1 Å². The molecule has 0 aliphatic rings. The van der Waals surface area contributed by atoms with Gasteiger partial charge >= 0.3 is 0 Å². The fraction of sp³-hybridized carbons (Fsp3) is 0.250. The minimum absolute atomic E-state index is 0.0374. The highest BCUT2D eigenvalue weighted by Gasteiger charge is 2.14. The third-order valence-electron chi connectivity index (χ3n) is 2.39. The molecule has 1 aromatic carbocycles. The summed E-state index contributed by atoms with van der Waals surface area (Å²) in [6.07, 6.45) is 0. The van der Waals surface area contributed by atoms with Crippen LogP contribution in [0.15, 0.2) is 33.8 Å². The van der Waals surface area contributed by atoms with Gasteiger partial charge in [-0.25, -0.2) is 4.39 Å². The first-order valence-corrected chi connectivity index (χ1v) is 5.03. The highest BCUT2D eigenvalue weighted by molar-refractivity contribution is 6.02. The van der Waals surface area contributed by atoms with Crippen LogP contribution < -0.4 is 0 Å². The number of oxime groups is 1. The Balaban J connectivity index is 2.55. The lowest BCUT2D eigenvalue weighted by Gasteiger charge is -2.02. The van der Waals surface area contributed by atoms with Gasteiger partial charge in [-0.1, -0.05) is 19.0 Å². The highest BCUT2D eigenvalue weighted by atomic mass is 19.1. The van der Waals surface area contributed by atoms with Crippen molar-refractivity contribution in [3.8, 4) is 0 Å². The van der Waals surface area contributed by atoms with Crippen LogP contribution >= 0.6 is 0 Å². The molecule has 0 aliphatic carbocycles. The molecule has 2 rings (SSSR count). The summed E-state index contributed by atoms with van der Waals surface area (Å²) in [6, 6.07) is 5.95. The fourth-order valence-electron chi connectivity index (χ4n) is 1.59. The molecule has 1 aromatic heterocycles. The molecule has 1 heterocycles. The van der Waals surface area contributed by atoms with E-state index < -0.39 is 0 Å². The summed E-state index contributed by atoms with van der Waals surface area (Å²) in [5.74, 6) is 0.195. The second-order valence-electron chi connectivity index (χ2n) is 3.93. The van der Waals surface area contributed by atoms with Crippen molar-refractivity contribution < 1.29 is 14.0 Å². The van der Waals surface area contributed by atoms with Gasteiger partial charge in [0.25, 0.3) is 0 Å². The summed E-state index contributed by atoms with van der Waals surface area (Å²) in [4.78, 5) is 0. The Kier molecular flexibility index (Phi) is 2.64. The standard InChI is InChI=1S/C12H12FNO2/c1-7(2)12(14-15)11-6-8-5-9(13)3-4-10(8)16-11/h3-7,15H,1-2H3/b14-12+. The topological polar surface area (TPSA) is 45.7 Å². The molecule has 4 heteroatoms. The zero-order valence-corrected chi connectivity index (χ0v) is 9.07. The van der Waals surface area contributed by atoms with Gasteiger partial charge in [-0.15, -0.1) is 0 Å². The van der Waals surface area contributed by atoms with Gasteiger partial charge in [-0.3, -0.25) is 0 Å². The summed E-state index contributed by atoms with van der Waals surface area (Å²) in [5, 5.41) is 12.8. The molecule has 84 valence electrons. The Labute approximate surface area is 92.2 Å². The molecule has 0 saturated heterocycles. The van der Waals surface area contributed by atoms with Crippen LogP contribution in [0, 0.1) is 11.7 Å². The van der Waals surface area contributed by atoms with Crippen LogP contribution in [0.25, 0.3) is 11.0 Å². The SMILES string of the molecule is CC(C)/C(=N\O)c1cc2cc(F)ccc2o1. The first kappa shape index (κ1) is 10.7. The second kappa shape index (κ2) is 3.96. The molecule has 0 radical (unpaired) electrons. The maximum Gasteiger partial charge on any atom is 0.153 e. The molecule has 0 fully saturated rings. The normalized spacial score (nSPS) is 12.6. The summed E-state index contributed by atoms with van der Waals surface area (Å²) >= 11 is 0. The summed E-state index contributed by atoms with van der Waals surface area (Å²) in [7, 11) is 0. The summed E-state index contributed by atoms with van der Waals surface area (Å²) in [6.45, 7) is 3.78. The van der Waals surface area contributed by atoms with Crippen LogP contribution in [0.2, 0.25) is 0 Å². The first-order chi connectivity index (χ1) is 7.61. The number of benzene rings is 1. The van der Waals surface area contributed by atoms with Crippen molar-refractivity contribution in [3.05, 3.63) is 35.8 Å². The van der Waals surface area contributed by atoms with Gasteiger partial charge in [-0.2, -0.15) is 0 Å². The van der Waals surface area contributed by atoms with Crippen molar-refractivity contribution in [1.29, 1.82) is 0 Å². The highest BCUT2D eigenvalue weighted by Crippen LogP contribution is 2.22. The van der Waals surface area contributed by atoms with Crippen molar-refractivity contribution in [2.24, 2.45) is 11.1 Å². The van der Waals surface area contributed by atoms with E-state index in [2.05, 4.69) is 5.16 Å². The van der Waals surface area contributed by atoms with Crippen molar-refractivity contribution in [2.45, 2.75) is 13.8 Å². The maximum atomic E-state index is 13.0. The molecule has 0 spiro atoms. The monoisotopic (exact) mass is 221 g/mol. The second-order valence-corrected chi connectivity index (χ2v) is 3.93. The zero-order valence-electron chi connectivity index (χ0n) is 9.07. The average molecular weight is 221 g/mol. The fourth-order valence-corrected chi connectivity index (χ4v) is 1.59. The number of nitrogens with zero attached hydrogens (tertiary/aromatic N) is 1. The van der Waals surface area contributed by atoms with Crippen molar-refractivity contribution in [3.63, 3.8) is 0 Å². The Bertz CT molecular complexity index is 543. The lowest BCUT2D eigenvalue weighted by Crippen LogP contribution is -2.07. The maximum absolute atomic E-state index is 13.0. The molecule has 0 unspecified atom stereocenters. The molecule has 3 nitrogen and oxygen atoms in total. The minimum Gasteiger partial charge on any atom is -0.455 e. The number of rotatable bonds is 2. The molecule has 2 aromatic rings. The van der Waals surface area contributed by atoms with Gasteiger partial charge in [0.2, 0.25) is 0 Å². The largest absolute Gasteiger partial charge is 0.455 e. The molecule has 1 N–H and O–H groups in total. The van der Waals surface area contributed by atoms with Crippen LogP contribution in [0.3, 0.4) is 0 Å². The molecular weight excluding hydrogens is 209 g/mol. The van der Waals surface area contributed by atoms with Crippen molar-refractivity contribution >= 4 is 16.7 Å². The molecular formula is C12H12FNO2. The number of hydrogen-bond acceptors (Lipinski definition) is 3. The molecule has 0 bridgehead atoms. The molecule has 0 amide bonds. The predicted octanol–water partition coefficient (Wildman–Crippen LogP) is 3.41. The minimum atomic E-state index is -0.313. The van der Waals surface area contributed by atoms with Crippen LogP contribution in [-0.4, -0.2) is 10.9 Å². The van der Waals surface area contributed by atoms with Gasteiger partial charge in [-0.05, 0) is 24.3 Å². The van der Waals surface area contributed by atoms with E-state index in [4.69, 9.17) is 9.62 Å². The quantitative estimate of drug-likeness (QED) is 0.480. The van der Waals surface area contributed by atoms with Crippen LogP contribution in [0.1, 0.15) is 19.6 Å². The predicted molar refractivity (Wildman–Crippen MR) is 59.3 cm³/mol. The van der Waals surface area contributed by atoms with Gasteiger partial charge in [0.1, 0.15) is 17.1 Å². The third kappa shape index (κ3) is 1.78. The molecule has 0 aliphatic heterocycles. The van der Waals surface area contributed by atoms with Crippen LogP contribution in [-0.2, 0) is 0 Å². The lowest BCUT2D eigenvalue weighted by atomic mass is 10.1. The van der Waals surface area contributed by atoms with E-state index in [0.717, 1.165) is 0 Å². The Morgan fingerprint density at radius 2 is 2.12 bits per heavy atom. The summed E-state index contributed by atoms with van der Waals surface area (Å²) in [5.41, 5.74) is 1.04. The Morgan fingerprint density at radius 3 is 2.75 bits per heavy atom. The smallest absolute Gasteiger partial charge is 0.153 e. The average Bonchev–Trinajstić information content (AvgIpc) is 2.60. The number of furan rings is 1. The van der Waals surface area contributed by atoms with Gasteiger partial charge in [0.15, 0.2) is 5.76 Å². The third-order valence-corrected chi connectivity index (χ3v) is 2.39. The van der Waals surface area contributed by atoms with E-state index in [0.29, 0.717) is 22.4 Å². The Morgan fingerprint density at radius 1 is 1.38 bits per heavy atom. The Hall–Kier alpha value is -1.84. The molecule has 0 atom stereocenters. The zero-order chi connectivity index (χ0) is 11.7. The van der Waals surface area contributed by atoms with Crippen LogP contribution in [0.5, 0.6) is 0 Å². The van der Waals surface area contributed by atoms with Gasteiger partial charge in [0.05, 0.1) is 0 Å². The summed E-state index contributed by atoms with van der Waals surface area (Å²) < 4.78 is 18.4. The first-order valence-electron chi connectivity index (χ1n) is 5.03. The van der Waals surface area contributed by atoms with Crippen molar-refractivity contribution in [2.75, 3.05) is 0 Å². The van der Waals surface area contributed by atoms with Crippen LogP contribution in [0.4, 0.5) is 4.39 Å². The van der Waals surface area contributed by atoms with E-state index >= 15 is 0 Å². The number of fused-ring (bicyclic) bond motifs is 1. The lowest BCUT2D eigenvalue weighted by molar-refractivity contribution is 0.315.